The molecule has 1 aromatic heterocycles. The molecule has 0 saturated heterocycles. The van der Waals surface area contributed by atoms with E-state index in [9.17, 15) is 0 Å². The fourth-order valence-electron chi connectivity index (χ4n) is 2.45. The average Bonchev–Trinajstić information content (AvgIpc) is 3.14. The van der Waals surface area contributed by atoms with Crippen LogP contribution in [0.25, 0.3) is 11.3 Å². The third-order valence-electron chi connectivity index (χ3n) is 3.91. The van der Waals surface area contributed by atoms with Crippen LogP contribution in [-0.2, 0) is 0 Å². The van der Waals surface area contributed by atoms with E-state index < -0.39 is 0 Å². The van der Waals surface area contributed by atoms with Crippen molar-refractivity contribution in [3.8, 4) is 22.8 Å². The SMILES string of the molecule is COc1ccc(C(C)N=Nc2nc(-c3ccc(Cl)cc3Cl)cs2)cc1OC. The maximum absolute atomic E-state index is 6.24. The largest absolute Gasteiger partial charge is 0.493 e. The lowest BCUT2D eigenvalue weighted by atomic mass is 10.1. The van der Waals surface area contributed by atoms with Gasteiger partial charge in [-0.05, 0) is 42.8 Å². The second-order valence-electron chi connectivity index (χ2n) is 5.65. The van der Waals surface area contributed by atoms with E-state index in [0.717, 1.165) is 16.8 Å². The average molecular weight is 422 g/mol. The van der Waals surface area contributed by atoms with Crippen LogP contribution in [0.15, 0.2) is 52.0 Å². The number of halogens is 2. The van der Waals surface area contributed by atoms with Crippen molar-refractivity contribution in [2.75, 3.05) is 14.2 Å². The summed E-state index contributed by atoms with van der Waals surface area (Å²) in [6.07, 6.45) is 0. The van der Waals surface area contributed by atoms with E-state index in [4.69, 9.17) is 32.7 Å². The molecule has 27 heavy (non-hydrogen) atoms. The molecule has 0 aliphatic heterocycles. The normalized spacial score (nSPS) is 12.3. The first kappa shape index (κ1) is 19.6. The molecule has 0 aliphatic carbocycles. The molecule has 2 aromatic carbocycles. The van der Waals surface area contributed by atoms with Crippen molar-refractivity contribution >= 4 is 39.7 Å². The highest BCUT2D eigenvalue weighted by molar-refractivity contribution is 7.13. The molecule has 0 N–H and O–H groups in total. The molecular weight excluding hydrogens is 405 g/mol. The Labute approximate surface area is 171 Å². The predicted octanol–water partition coefficient (Wildman–Crippen LogP) is 6.98. The van der Waals surface area contributed by atoms with E-state index >= 15 is 0 Å². The zero-order valence-corrected chi connectivity index (χ0v) is 17.3. The predicted molar refractivity (Wildman–Crippen MR) is 110 cm³/mol. The molecule has 1 atom stereocenters. The van der Waals surface area contributed by atoms with Crippen molar-refractivity contribution in [3.63, 3.8) is 0 Å². The number of hydrogen-bond donors (Lipinski definition) is 0. The minimum Gasteiger partial charge on any atom is -0.493 e. The highest BCUT2D eigenvalue weighted by Gasteiger charge is 2.11. The van der Waals surface area contributed by atoms with Gasteiger partial charge in [-0.3, -0.25) is 0 Å². The van der Waals surface area contributed by atoms with Crippen LogP contribution in [0.1, 0.15) is 18.5 Å². The summed E-state index contributed by atoms with van der Waals surface area (Å²) >= 11 is 13.6. The molecule has 0 fully saturated rings. The molecule has 0 radical (unpaired) electrons. The molecule has 0 spiro atoms. The highest BCUT2D eigenvalue weighted by Crippen LogP contribution is 2.34. The van der Waals surface area contributed by atoms with Crippen LogP contribution in [0, 0.1) is 0 Å². The zero-order valence-electron chi connectivity index (χ0n) is 14.9. The molecule has 0 bridgehead atoms. The van der Waals surface area contributed by atoms with Gasteiger partial charge in [0.05, 0.1) is 31.0 Å². The lowest BCUT2D eigenvalue weighted by Gasteiger charge is -2.11. The number of methoxy groups -OCH3 is 2. The van der Waals surface area contributed by atoms with Crippen molar-refractivity contribution in [1.29, 1.82) is 0 Å². The summed E-state index contributed by atoms with van der Waals surface area (Å²) in [7, 11) is 3.21. The first-order chi connectivity index (χ1) is 13.0. The number of benzene rings is 2. The Bertz CT molecular complexity index is 975. The second kappa shape index (κ2) is 8.69. The van der Waals surface area contributed by atoms with Crippen LogP contribution in [0.3, 0.4) is 0 Å². The molecule has 0 saturated carbocycles. The van der Waals surface area contributed by atoms with Gasteiger partial charge in [0.2, 0.25) is 5.13 Å². The van der Waals surface area contributed by atoms with Crippen molar-refractivity contribution in [2.45, 2.75) is 13.0 Å². The lowest BCUT2D eigenvalue weighted by Crippen LogP contribution is -1.94. The Morgan fingerprint density at radius 3 is 2.52 bits per heavy atom. The molecule has 0 aliphatic rings. The Morgan fingerprint density at radius 1 is 1.04 bits per heavy atom. The first-order valence-corrected chi connectivity index (χ1v) is 9.69. The number of thiazole rings is 1. The van der Waals surface area contributed by atoms with Gasteiger partial charge in [0.15, 0.2) is 11.5 Å². The van der Waals surface area contributed by atoms with Crippen LogP contribution >= 0.6 is 34.5 Å². The molecule has 3 aromatic rings. The maximum Gasteiger partial charge on any atom is 0.230 e. The van der Waals surface area contributed by atoms with Crippen molar-refractivity contribution in [2.24, 2.45) is 10.2 Å². The minimum absolute atomic E-state index is 0.156. The standard InChI is InChI=1S/C19H17Cl2N3O2S/c1-11(12-4-7-17(25-2)18(8-12)26-3)23-24-19-22-16(10-27-19)14-6-5-13(20)9-15(14)21/h4-11H,1-3H3. The highest BCUT2D eigenvalue weighted by atomic mass is 35.5. The Kier molecular flexibility index (Phi) is 6.31. The third kappa shape index (κ3) is 4.58. The topological polar surface area (TPSA) is 56.1 Å². The fraction of sp³-hybridized carbons (Fsp3) is 0.211. The van der Waals surface area contributed by atoms with Crippen molar-refractivity contribution in [1.82, 2.24) is 4.98 Å². The van der Waals surface area contributed by atoms with Gasteiger partial charge in [0, 0.05) is 16.0 Å². The number of hydrogen-bond acceptors (Lipinski definition) is 6. The number of ether oxygens (including phenoxy) is 2. The van der Waals surface area contributed by atoms with Gasteiger partial charge >= 0.3 is 0 Å². The summed E-state index contributed by atoms with van der Waals surface area (Å²) in [6, 6.07) is 10.8. The van der Waals surface area contributed by atoms with Gasteiger partial charge in [-0.15, -0.1) is 16.5 Å². The second-order valence-corrected chi connectivity index (χ2v) is 7.33. The molecule has 140 valence electrons. The molecule has 0 amide bonds. The summed E-state index contributed by atoms with van der Waals surface area (Å²) in [6.45, 7) is 1.95. The minimum atomic E-state index is -0.156. The first-order valence-electron chi connectivity index (χ1n) is 8.05. The third-order valence-corrected chi connectivity index (χ3v) is 5.18. The smallest absolute Gasteiger partial charge is 0.230 e. The fourth-order valence-corrected chi connectivity index (χ4v) is 3.59. The number of nitrogens with zero attached hydrogens (tertiary/aromatic N) is 3. The Morgan fingerprint density at radius 2 is 1.81 bits per heavy atom. The quantitative estimate of drug-likeness (QED) is 0.403. The Balaban J connectivity index is 1.77. The lowest BCUT2D eigenvalue weighted by molar-refractivity contribution is 0.354. The van der Waals surface area contributed by atoms with Crippen LogP contribution in [0.4, 0.5) is 5.13 Å². The van der Waals surface area contributed by atoms with Crippen molar-refractivity contribution in [3.05, 3.63) is 57.4 Å². The van der Waals surface area contributed by atoms with Gasteiger partial charge in [-0.2, -0.15) is 5.11 Å². The Hall–Kier alpha value is -2.15. The van der Waals surface area contributed by atoms with E-state index in [0.29, 0.717) is 26.7 Å². The summed E-state index contributed by atoms with van der Waals surface area (Å²) in [5.41, 5.74) is 2.52. The maximum atomic E-state index is 6.24. The number of azo groups is 1. The van der Waals surface area contributed by atoms with E-state index in [1.54, 1.807) is 26.4 Å². The summed E-state index contributed by atoms with van der Waals surface area (Å²) < 4.78 is 10.6. The number of rotatable bonds is 6. The van der Waals surface area contributed by atoms with Crippen LogP contribution in [-0.4, -0.2) is 19.2 Å². The molecule has 8 heteroatoms. The van der Waals surface area contributed by atoms with Gasteiger partial charge in [-0.25, -0.2) is 4.98 Å². The van der Waals surface area contributed by atoms with E-state index in [-0.39, 0.29) is 6.04 Å². The van der Waals surface area contributed by atoms with Crippen LogP contribution < -0.4 is 9.47 Å². The van der Waals surface area contributed by atoms with E-state index in [1.165, 1.54) is 11.3 Å². The molecule has 5 nitrogen and oxygen atoms in total. The van der Waals surface area contributed by atoms with Crippen LogP contribution in [0.5, 0.6) is 11.5 Å². The molecular formula is C19H17Cl2N3O2S. The number of aromatic nitrogens is 1. The van der Waals surface area contributed by atoms with Gasteiger partial charge < -0.3 is 9.47 Å². The van der Waals surface area contributed by atoms with E-state index in [1.807, 2.05) is 36.6 Å². The molecule has 3 rings (SSSR count). The summed E-state index contributed by atoms with van der Waals surface area (Å²) in [5.74, 6) is 1.33. The van der Waals surface area contributed by atoms with Gasteiger partial charge in [-0.1, -0.05) is 29.3 Å². The monoisotopic (exact) mass is 421 g/mol. The summed E-state index contributed by atoms with van der Waals surface area (Å²) in [4.78, 5) is 4.48. The van der Waals surface area contributed by atoms with Gasteiger partial charge in [0.1, 0.15) is 0 Å². The van der Waals surface area contributed by atoms with Crippen LogP contribution in [0.2, 0.25) is 10.0 Å². The van der Waals surface area contributed by atoms with Gasteiger partial charge in [0.25, 0.3) is 0 Å². The summed E-state index contributed by atoms with van der Waals surface area (Å²) in [5, 5.41) is 12.2. The molecule has 1 unspecified atom stereocenters. The molecule has 1 heterocycles. The zero-order chi connectivity index (χ0) is 19.4. The van der Waals surface area contributed by atoms with E-state index in [2.05, 4.69) is 15.2 Å². The van der Waals surface area contributed by atoms with Crippen molar-refractivity contribution < 1.29 is 9.47 Å².